The summed E-state index contributed by atoms with van der Waals surface area (Å²) >= 11 is 0. The van der Waals surface area contributed by atoms with Gasteiger partial charge < -0.3 is 0 Å². The van der Waals surface area contributed by atoms with Crippen LogP contribution in [-0.2, 0) is 0 Å². The minimum Gasteiger partial charge on any atom is -0.0882 e. The van der Waals surface area contributed by atoms with Gasteiger partial charge in [0.2, 0.25) is 0 Å². The molecule has 0 saturated heterocycles. The van der Waals surface area contributed by atoms with Gasteiger partial charge in [-0.15, -0.1) is 0 Å². The molecule has 0 aromatic carbocycles. The lowest BCUT2D eigenvalue weighted by Crippen LogP contribution is -1.76. The molecule has 0 aliphatic heterocycles. The molecular weight excluding hydrogens is 216 g/mol. The summed E-state index contributed by atoms with van der Waals surface area (Å²) in [4.78, 5) is 0. The van der Waals surface area contributed by atoms with Crippen LogP contribution < -0.4 is 0 Å². The van der Waals surface area contributed by atoms with E-state index in [1.807, 2.05) is 0 Å². The SMILES string of the molecule is CCCCCCCC=CCC=CCC=CC(C)C. The van der Waals surface area contributed by atoms with Gasteiger partial charge in [0.25, 0.3) is 0 Å². The molecule has 0 aliphatic carbocycles. The summed E-state index contributed by atoms with van der Waals surface area (Å²) in [6, 6.07) is 0. The van der Waals surface area contributed by atoms with Gasteiger partial charge in [0, 0.05) is 0 Å². The molecule has 0 aromatic heterocycles. The van der Waals surface area contributed by atoms with Gasteiger partial charge in [0.05, 0.1) is 0 Å². The summed E-state index contributed by atoms with van der Waals surface area (Å²) in [5, 5.41) is 0. The number of unbranched alkanes of at least 4 members (excludes halogenated alkanes) is 5. The highest BCUT2D eigenvalue weighted by atomic mass is 13.9. The maximum absolute atomic E-state index is 2.33. The van der Waals surface area contributed by atoms with Crippen LogP contribution in [0.1, 0.15) is 72.1 Å². The highest BCUT2D eigenvalue weighted by Gasteiger charge is 1.85. The Morgan fingerprint density at radius 2 is 1.33 bits per heavy atom. The average molecular weight is 248 g/mol. The second-order valence-electron chi connectivity index (χ2n) is 5.29. The Morgan fingerprint density at radius 3 is 2.00 bits per heavy atom. The molecule has 0 N–H and O–H groups in total. The van der Waals surface area contributed by atoms with E-state index in [0.29, 0.717) is 5.92 Å². The monoisotopic (exact) mass is 248 g/mol. The van der Waals surface area contributed by atoms with Crippen molar-refractivity contribution in [2.24, 2.45) is 5.92 Å². The first kappa shape index (κ1) is 17.2. The second kappa shape index (κ2) is 14.3. The van der Waals surface area contributed by atoms with Crippen molar-refractivity contribution in [1.29, 1.82) is 0 Å². The van der Waals surface area contributed by atoms with Gasteiger partial charge in [-0.1, -0.05) is 82.9 Å². The summed E-state index contributed by atoms with van der Waals surface area (Å²) in [5.74, 6) is 0.672. The molecule has 18 heavy (non-hydrogen) atoms. The first-order chi connectivity index (χ1) is 8.77. The van der Waals surface area contributed by atoms with Crippen molar-refractivity contribution >= 4 is 0 Å². The van der Waals surface area contributed by atoms with Crippen LogP contribution in [0.15, 0.2) is 36.5 Å². The Labute approximate surface area is 115 Å². The van der Waals surface area contributed by atoms with Gasteiger partial charge in [-0.2, -0.15) is 0 Å². The van der Waals surface area contributed by atoms with E-state index in [4.69, 9.17) is 0 Å². The van der Waals surface area contributed by atoms with Crippen LogP contribution in [0, 0.1) is 5.92 Å². The number of hydrogen-bond donors (Lipinski definition) is 0. The van der Waals surface area contributed by atoms with Gasteiger partial charge in [-0.05, 0) is 31.6 Å². The first-order valence-corrected chi connectivity index (χ1v) is 7.74. The maximum atomic E-state index is 2.33. The van der Waals surface area contributed by atoms with Crippen LogP contribution in [0.5, 0.6) is 0 Å². The van der Waals surface area contributed by atoms with Gasteiger partial charge in [-0.3, -0.25) is 0 Å². The molecule has 0 rings (SSSR count). The van der Waals surface area contributed by atoms with E-state index >= 15 is 0 Å². The Hall–Kier alpha value is -0.780. The third-order valence-corrected chi connectivity index (χ3v) is 2.87. The normalized spacial score (nSPS) is 12.7. The van der Waals surface area contributed by atoms with Crippen molar-refractivity contribution in [3.63, 3.8) is 0 Å². The van der Waals surface area contributed by atoms with Crippen LogP contribution in [0.4, 0.5) is 0 Å². The van der Waals surface area contributed by atoms with Crippen molar-refractivity contribution in [1.82, 2.24) is 0 Å². The number of hydrogen-bond acceptors (Lipinski definition) is 0. The zero-order valence-corrected chi connectivity index (χ0v) is 12.7. The van der Waals surface area contributed by atoms with Gasteiger partial charge in [-0.25, -0.2) is 0 Å². The fourth-order valence-corrected chi connectivity index (χ4v) is 1.78. The molecule has 0 saturated carbocycles. The van der Waals surface area contributed by atoms with Crippen LogP contribution in [-0.4, -0.2) is 0 Å². The largest absolute Gasteiger partial charge is 0.0882 e. The molecule has 0 spiro atoms. The van der Waals surface area contributed by atoms with Crippen LogP contribution >= 0.6 is 0 Å². The van der Waals surface area contributed by atoms with Gasteiger partial charge >= 0.3 is 0 Å². The highest BCUT2D eigenvalue weighted by Crippen LogP contribution is 2.05. The Morgan fingerprint density at radius 1 is 0.722 bits per heavy atom. The molecule has 0 bridgehead atoms. The zero-order chi connectivity index (χ0) is 13.5. The zero-order valence-electron chi connectivity index (χ0n) is 12.7. The summed E-state index contributed by atoms with van der Waals surface area (Å²) in [6.45, 7) is 6.69. The van der Waals surface area contributed by atoms with E-state index in [1.165, 1.54) is 38.5 Å². The molecule has 0 heterocycles. The second-order valence-corrected chi connectivity index (χ2v) is 5.29. The predicted octanol–water partition coefficient (Wildman–Crippen LogP) is 6.45. The molecule has 0 heteroatoms. The van der Waals surface area contributed by atoms with E-state index in [-0.39, 0.29) is 0 Å². The summed E-state index contributed by atoms with van der Waals surface area (Å²) in [7, 11) is 0. The molecule has 0 aromatic rings. The molecule has 0 unspecified atom stereocenters. The highest BCUT2D eigenvalue weighted by molar-refractivity contribution is 4.97. The van der Waals surface area contributed by atoms with E-state index in [2.05, 4.69) is 57.2 Å². The number of rotatable bonds is 11. The van der Waals surface area contributed by atoms with E-state index < -0.39 is 0 Å². The standard InChI is InChI=1S/C18H32/c1-4-5-6-7-8-9-10-11-12-13-14-15-16-17-18(2)3/h10-11,13-14,16-18H,4-9,12,15H2,1-3H3. The minimum atomic E-state index is 0.672. The fourth-order valence-electron chi connectivity index (χ4n) is 1.78. The molecule has 0 fully saturated rings. The number of allylic oxidation sites excluding steroid dienone is 6. The maximum Gasteiger partial charge on any atom is -0.0169 e. The summed E-state index contributed by atoms with van der Waals surface area (Å²) in [5.41, 5.74) is 0. The lowest BCUT2D eigenvalue weighted by atomic mass is 10.1. The van der Waals surface area contributed by atoms with Crippen molar-refractivity contribution in [2.75, 3.05) is 0 Å². The van der Waals surface area contributed by atoms with Crippen molar-refractivity contribution in [3.05, 3.63) is 36.5 Å². The van der Waals surface area contributed by atoms with Gasteiger partial charge in [0.15, 0.2) is 0 Å². The first-order valence-electron chi connectivity index (χ1n) is 7.74. The lowest BCUT2D eigenvalue weighted by Gasteiger charge is -1.95. The van der Waals surface area contributed by atoms with Crippen LogP contribution in [0.3, 0.4) is 0 Å². The summed E-state index contributed by atoms with van der Waals surface area (Å²) in [6.07, 6.45) is 24.0. The van der Waals surface area contributed by atoms with Crippen LogP contribution in [0.25, 0.3) is 0 Å². The van der Waals surface area contributed by atoms with E-state index in [9.17, 15) is 0 Å². The molecule has 0 nitrogen and oxygen atoms in total. The van der Waals surface area contributed by atoms with Crippen molar-refractivity contribution < 1.29 is 0 Å². The van der Waals surface area contributed by atoms with E-state index in [0.717, 1.165) is 12.8 Å². The Bertz CT molecular complexity index is 230. The van der Waals surface area contributed by atoms with Crippen LogP contribution in [0.2, 0.25) is 0 Å². The van der Waals surface area contributed by atoms with Crippen molar-refractivity contribution in [3.8, 4) is 0 Å². The molecule has 0 radical (unpaired) electrons. The predicted molar refractivity (Wildman–Crippen MR) is 84.9 cm³/mol. The molecule has 0 amide bonds. The van der Waals surface area contributed by atoms with E-state index in [1.54, 1.807) is 0 Å². The third kappa shape index (κ3) is 15.2. The topological polar surface area (TPSA) is 0 Å². The molecule has 104 valence electrons. The fraction of sp³-hybridized carbons (Fsp3) is 0.667. The van der Waals surface area contributed by atoms with Crippen molar-refractivity contribution in [2.45, 2.75) is 72.1 Å². The van der Waals surface area contributed by atoms with Gasteiger partial charge in [0.1, 0.15) is 0 Å². The quantitative estimate of drug-likeness (QED) is 0.291. The minimum absolute atomic E-state index is 0.672. The lowest BCUT2D eigenvalue weighted by molar-refractivity contribution is 0.637. The smallest absolute Gasteiger partial charge is 0.0169 e. The molecule has 0 aliphatic rings. The molecular formula is C18H32. The Kier molecular flexibility index (Phi) is 13.7. The molecule has 0 atom stereocenters. The average Bonchev–Trinajstić information content (AvgIpc) is 2.34. The third-order valence-electron chi connectivity index (χ3n) is 2.87. The Balaban J connectivity index is 3.29. The summed E-state index contributed by atoms with van der Waals surface area (Å²) < 4.78 is 0.